The summed E-state index contributed by atoms with van der Waals surface area (Å²) < 4.78 is 0. The normalized spacial score (nSPS) is 15.7. The first kappa shape index (κ1) is 20.2. The fraction of sp³-hybridized carbons (Fsp3) is 0.381. The number of halogens is 2. The van der Waals surface area contributed by atoms with E-state index in [1.165, 1.54) is 5.56 Å². The van der Waals surface area contributed by atoms with E-state index >= 15 is 0 Å². The second kappa shape index (κ2) is 9.07. The summed E-state index contributed by atoms with van der Waals surface area (Å²) in [5.74, 6) is -0.0212. The van der Waals surface area contributed by atoms with Gasteiger partial charge in [-0.25, -0.2) is 0 Å². The van der Waals surface area contributed by atoms with E-state index in [9.17, 15) is 4.79 Å². The first-order valence-electron chi connectivity index (χ1n) is 9.16. The number of rotatable bonds is 5. The first-order chi connectivity index (χ1) is 12.9. The molecule has 1 heterocycles. The SMILES string of the molecule is Cc1cc(C)c(NC(=O)CN2CCN(Cc3cccc(Cl)c3)CC2)c(Cl)c1. The third-order valence-electron chi connectivity index (χ3n) is 4.82. The molecule has 0 aromatic heterocycles. The number of nitrogens with zero attached hydrogens (tertiary/aromatic N) is 2. The van der Waals surface area contributed by atoms with E-state index in [0.29, 0.717) is 17.3 Å². The molecule has 0 atom stereocenters. The van der Waals surface area contributed by atoms with Crippen molar-refractivity contribution in [1.82, 2.24) is 9.80 Å². The standard InChI is InChI=1S/C21H25Cl2N3O/c1-15-10-16(2)21(19(23)11-15)24-20(27)14-26-8-6-25(7-9-26)13-17-4-3-5-18(22)12-17/h3-5,10-12H,6-9,13-14H2,1-2H3,(H,24,27). The van der Waals surface area contributed by atoms with Crippen LogP contribution >= 0.6 is 23.2 Å². The summed E-state index contributed by atoms with van der Waals surface area (Å²) in [5, 5.41) is 4.33. The van der Waals surface area contributed by atoms with Crippen LogP contribution in [0, 0.1) is 13.8 Å². The van der Waals surface area contributed by atoms with Crippen molar-refractivity contribution < 1.29 is 4.79 Å². The highest BCUT2D eigenvalue weighted by molar-refractivity contribution is 6.34. The molecule has 1 aliphatic rings. The van der Waals surface area contributed by atoms with Gasteiger partial charge in [-0.3, -0.25) is 14.6 Å². The smallest absolute Gasteiger partial charge is 0.238 e. The summed E-state index contributed by atoms with van der Waals surface area (Å²) in [6.07, 6.45) is 0. The van der Waals surface area contributed by atoms with Gasteiger partial charge in [-0.05, 0) is 48.7 Å². The number of hydrogen-bond acceptors (Lipinski definition) is 3. The average molecular weight is 406 g/mol. The molecule has 0 unspecified atom stereocenters. The number of amides is 1. The number of anilines is 1. The van der Waals surface area contributed by atoms with Gasteiger partial charge in [0, 0.05) is 37.7 Å². The summed E-state index contributed by atoms with van der Waals surface area (Å²) in [6, 6.07) is 11.9. The minimum Gasteiger partial charge on any atom is -0.323 e. The number of carbonyl (C=O) groups is 1. The van der Waals surface area contributed by atoms with Gasteiger partial charge in [0.1, 0.15) is 0 Å². The second-order valence-corrected chi connectivity index (χ2v) is 8.01. The Balaban J connectivity index is 1.48. The fourth-order valence-corrected chi connectivity index (χ4v) is 4.04. The highest BCUT2D eigenvalue weighted by atomic mass is 35.5. The highest BCUT2D eigenvalue weighted by Crippen LogP contribution is 2.27. The predicted octanol–water partition coefficient (Wildman–Crippen LogP) is 4.37. The largest absolute Gasteiger partial charge is 0.323 e. The quantitative estimate of drug-likeness (QED) is 0.801. The van der Waals surface area contributed by atoms with Gasteiger partial charge in [0.05, 0.1) is 17.3 Å². The minimum atomic E-state index is -0.0212. The molecule has 1 N–H and O–H groups in total. The number of carbonyl (C=O) groups excluding carboxylic acids is 1. The van der Waals surface area contributed by atoms with Crippen LogP contribution in [0.4, 0.5) is 5.69 Å². The van der Waals surface area contributed by atoms with Crippen LogP contribution < -0.4 is 5.32 Å². The molecule has 27 heavy (non-hydrogen) atoms. The molecule has 0 bridgehead atoms. The number of hydrogen-bond donors (Lipinski definition) is 1. The van der Waals surface area contributed by atoms with Gasteiger partial charge >= 0.3 is 0 Å². The minimum absolute atomic E-state index is 0.0212. The Bertz CT molecular complexity index is 794. The monoisotopic (exact) mass is 405 g/mol. The summed E-state index contributed by atoms with van der Waals surface area (Å²) >= 11 is 12.3. The lowest BCUT2D eigenvalue weighted by molar-refractivity contribution is -0.117. The molecule has 2 aromatic carbocycles. The van der Waals surface area contributed by atoms with Crippen molar-refractivity contribution >= 4 is 34.8 Å². The summed E-state index contributed by atoms with van der Waals surface area (Å²) in [4.78, 5) is 17.0. The van der Waals surface area contributed by atoms with Crippen LogP contribution in [-0.4, -0.2) is 48.4 Å². The molecule has 1 aliphatic heterocycles. The maximum atomic E-state index is 12.4. The van der Waals surface area contributed by atoms with E-state index < -0.39 is 0 Å². The molecule has 3 rings (SSSR count). The van der Waals surface area contributed by atoms with Crippen LogP contribution in [0.25, 0.3) is 0 Å². The van der Waals surface area contributed by atoms with Gasteiger partial charge in [0.25, 0.3) is 0 Å². The van der Waals surface area contributed by atoms with Crippen LogP contribution in [0.2, 0.25) is 10.0 Å². The zero-order chi connectivity index (χ0) is 19.4. The number of benzene rings is 2. The predicted molar refractivity (Wildman–Crippen MR) is 113 cm³/mol. The Hall–Kier alpha value is -1.59. The summed E-state index contributed by atoms with van der Waals surface area (Å²) in [5.41, 5.74) is 4.01. The highest BCUT2D eigenvalue weighted by Gasteiger charge is 2.20. The van der Waals surface area contributed by atoms with Crippen LogP contribution in [0.1, 0.15) is 16.7 Å². The van der Waals surface area contributed by atoms with Gasteiger partial charge in [-0.1, -0.05) is 41.4 Å². The first-order valence-corrected chi connectivity index (χ1v) is 9.92. The molecular formula is C21H25Cl2N3O. The van der Waals surface area contributed by atoms with E-state index in [1.54, 1.807) is 0 Å². The molecule has 6 heteroatoms. The molecule has 1 amide bonds. The summed E-state index contributed by atoms with van der Waals surface area (Å²) in [6.45, 7) is 8.83. The second-order valence-electron chi connectivity index (χ2n) is 7.17. The Labute approximate surface area is 171 Å². The van der Waals surface area contributed by atoms with Crippen molar-refractivity contribution in [3.63, 3.8) is 0 Å². The number of nitrogens with one attached hydrogen (secondary N) is 1. The van der Waals surface area contributed by atoms with Crippen molar-refractivity contribution in [2.24, 2.45) is 0 Å². The zero-order valence-electron chi connectivity index (χ0n) is 15.8. The lowest BCUT2D eigenvalue weighted by atomic mass is 10.1. The third kappa shape index (κ3) is 5.69. The average Bonchev–Trinajstić information content (AvgIpc) is 2.60. The Morgan fingerprint density at radius 1 is 1.04 bits per heavy atom. The van der Waals surface area contributed by atoms with Gasteiger partial charge in [0.2, 0.25) is 5.91 Å². The summed E-state index contributed by atoms with van der Waals surface area (Å²) in [7, 11) is 0. The van der Waals surface area contributed by atoms with Gasteiger partial charge in [-0.2, -0.15) is 0 Å². The fourth-order valence-electron chi connectivity index (χ4n) is 3.46. The van der Waals surface area contributed by atoms with Crippen molar-refractivity contribution in [3.05, 3.63) is 63.1 Å². The van der Waals surface area contributed by atoms with Crippen LogP contribution in [0.15, 0.2) is 36.4 Å². The molecule has 0 saturated carbocycles. The molecule has 144 valence electrons. The van der Waals surface area contributed by atoms with E-state index in [1.807, 2.05) is 44.2 Å². The molecule has 0 radical (unpaired) electrons. The molecule has 2 aromatic rings. The van der Waals surface area contributed by atoms with Gasteiger partial charge in [0.15, 0.2) is 0 Å². The molecule has 4 nitrogen and oxygen atoms in total. The van der Waals surface area contributed by atoms with Crippen LogP contribution in [0.5, 0.6) is 0 Å². The molecule has 1 saturated heterocycles. The van der Waals surface area contributed by atoms with E-state index in [0.717, 1.165) is 48.9 Å². The van der Waals surface area contributed by atoms with Crippen LogP contribution in [-0.2, 0) is 11.3 Å². The lowest BCUT2D eigenvalue weighted by Gasteiger charge is -2.34. The zero-order valence-corrected chi connectivity index (χ0v) is 17.3. The van der Waals surface area contributed by atoms with Crippen LogP contribution in [0.3, 0.4) is 0 Å². The van der Waals surface area contributed by atoms with Crippen molar-refractivity contribution in [2.45, 2.75) is 20.4 Å². The topological polar surface area (TPSA) is 35.6 Å². The van der Waals surface area contributed by atoms with Crippen molar-refractivity contribution in [1.29, 1.82) is 0 Å². The van der Waals surface area contributed by atoms with Gasteiger partial charge < -0.3 is 5.32 Å². The third-order valence-corrected chi connectivity index (χ3v) is 5.36. The van der Waals surface area contributed by atoms with Gasteiger partial charge in [-0.15, -0.1) is 0 Å². The number of aryl methyl sites for hydroxylation is 2. The van der Waals surface area contributed by atoms with E-state index in [2.05, 4.69) is 21.2 Å². The van der Waals surface area contributed by atoms with E-state index in [4.69, 9.17) is 23.2 Å². The van der Waals surface area contributed by atoms with Crippen molar-refractivity contribution in [2.75, 3.05) is 38.0 Å². The Morgan fingerprint density at radius 3 is 2.41 bits per heavy atom. The Morgan fingerprint density at radius 2 is 1.74 bits per heavy atom. The number of piperazine rings is 1. The molecule has 0 spiro atoms. The maximum absolute atomic E-state index is 12.4. The molecule has 1 fully saturated rings. The maximum Gasteiger partial charge on any atom is 0.238 e. The van der Waals surface area contributed by atoms with E-state index in [-0.39, 0.29) is 5.91 Å². The lowest BCUT2D eigenvalue weighted by Crippen LogP contribution is -2.48. The van der Waals surface area contributed by atoms with Crippen molar-refractivity contribution in [3.8, 4) is 0 Å². The molecule has 0 aliphatic carbocycles. The molecular weight excluding hydrogens is 381 g/mol. The Kier molecular flexibility index (Phi) is 6.77.